The molecule has 2 rings (SSSR count). The number of aliphatic imine (C=N–C) groups is 1. The Morgan fingerprint density at radius 1 is 1.39 bits per heavy atom. The molecule has 0 saturated carbocycles. The lowest BCUT2D eigenvalue weighted by molar-refractivity contribution is -0.115. The fourth-order valence-corrected chi connectivity index (χ4v) is 1.91. The zero-order valence-electron chi connectivity index (χ0n) is 12.5. The van der Waals surface area contributed by atoms with Crippen molar-refractivity contribution >= 4 is 17.9 Å². The van der Waals surface area contributed by atoms with E-state index in [4.69, 9.17) is 0 Å². The maximum atomic E-state index is 12.1. The molecule has 1 heterocycles. The lowest BCUT2D eigenvalue weighted by Crippen LogP contribution is -2.25. The van der Waals surface area contributed by atoms with Gasteiger partial charge in [0.15, 0.2) is 11.5 Å². The summed E-state index contributed by atoms with van der Waals surface area (Å²) in [5.74, 6) is -0.744. The molecule has 0 unspecified atom stereocenters. The van der Waals surface area contributed by atoms with Gasteiger partial charge in [0.05, 0.1) is 0 Å². The monoisotopic (exact) mass is 325 g/mol. The van der Waals surface area contributed by atoms with Crippen LogP contribution in [0.4, 0.5) is 8.78 Å². The summed E-state index contributed by atoms with van der Waals surface area (Å²) < 4.78 is 28.4. The van der Waals surface area contributed by atoms with Crippen molar-refractivity contribution < 1.29 is 23.4 Å². The number of unbranched alkanes of at least 4 members (excludes halogenated alkanes) is 1. The number of alkyl halides is 2. The number of ether oxygens (including phenoxy) is 1. The maximum Gasteiger partial charge on any atom is 0.387 e. The van der Waals surface area contributed by atoms with E-state index in [2.05, 4.69) is 20.4 Å². The summed E-state index contributed by atoms with van der Waals surface area (Å²) in [5.41, 5.74) is 0.707. The Morgan fingerprint density at radius 2 is 2.17 bits per heavy atom. The van der Waals surface area contributed by atoms with Crippen molar-refractivity contribution in [3.63, 3.8) is 0 Å². The Bertz CT molecular complexity index is 645. The summed E-state index contributed by atoms with van der Waals surface area (Å²) in [6.45, 7) is -0.373. The second-order valence-electron chi connectivity index (χ2n) is 4.83. The molecule has 124 valence electrons. The van der Waals surface area contributed by atoms with Crippen LogP contribution in [0.3, 0.4) is 0 Å². The predicted octanol–water partition coefficient (Wildman–Crippen LogP) is 2.21. The number of nitrogens with one attached hydrogen (secondary N) is 2. The van der Waals surface area contributed by atoms with Crippen LogP contribution in [0.5, 0.6) is 11.5 Å². The minimum absolute atomic E-state index is 0.252. The highest BCUT2D eigenvalue weighted by Crippen LogP contribution is 2.29. The van der Waals surface area contributed by atoms with E-state index in [1.165, 1.54) is 24.3 Å². The molecule has 6 nitrogen and oxygen atoms in total. The summed E-state index contributed by atoms with van der Waals surface area (Å²) >= 11 is 0. The Kier molecular flexibility index (Phi) is 5.51. The Hall–Kier alpha value is -2.64. The number of guanidine groups is 1. The summed E-state index contributed by atoms with van der Waals surface area (Å²) in [7, 11) is 0. The maximum absolute atomic E-state index is 12.1. The first-order valence-corrected chi connectivity index (χ1v) is 7.12. The molecule has 0 spiro atoms. The first kappa shape index (κ1) is 16.7. The largest absolute Gasteiger partial charge is 0.504 e. The molecule has 1 aromatic rings. The van der Waals surface area contributed by atoms with E-state index < -0.39 is 12.4 Å². The lowest BCUT2D eigenvalue weighted by atomic mass is 10.1. The fraction of sp³-hybridized carbons (Fsp3) is 0.333. The molecule has 1 saturated heterocycles. The number of nitrogens with zero attached hydrogens (tertiary/aromatic N) is 1. The molecule has 1 aliphatic heterocycles. The fourth-order valence-electron chi connectivity index (χ4n) is 1.91. The van der Waals surface area contributed by atoms with Gasteiger partial charge in [-0.1, -0.05) is 19.4 Å². The van der Waals surface area contributed by atoms with Crippen LogP contribution < -0.4 is 15.4 Å². The third-order valence-corrected chi connectivity index (χ3v) is 3.02. The van der Waals surface area contributed by atoms with Gasteiger partial charge in [0.1, 0.15) is 5.70 Å². The van der Waals surface area contributed by atoms with Crippen molar-refractivity contribution in [2.45, 2.75) is 26.4 Å². The van der Waals surface area contributed by atoms with Gasteiger partial charge in [-0.2, -0.15) is 8.78 Å². The molecule has 8 heteroatoms. The number of benzene rings is 1. The molecule has 3 N–H and O–H groups in total. The van der Waals surface area contributed by atoms with Crippen molar-refractivity contribution in [2.75, 3.05) is 6.54 Å². The molecule has 0 radical (unpaired) electrons. The minimum Gasteiger partial charge on any atom is -0.504 e. The highest BCUT2D eigenvalue weighted by molar-refractivity contribution is 6.15. The molecule has 1 fully saturated rings. The van der Waals surface area contributed by atoms with Crippen LogP contribution in [0, 0.1) is 0 Å². The van der Waals surface area contributed by atoms with E-state index in [0.29, 0.717) is 18.1 Å². The number of phenolic OH excluding ortho intramolecular Hbond substituents is 1. The number of hydrogen-bond acceptors (Lipinski definition) is 4. The Morgan fingerprint density at radius 3 is 2.83 bits per heavy atom. The topological polar surface area (TPSA) is 83.0 Å². The number of carbonyl (C=O) groups excluding carboxylic acids is 1. The first-order valence-electron chi connectivity index (χ1n) is 7.12. The van der Waals surface area contributed by atoms with Gasteiger partial charge >= 0.3 is 6.61 Å². The van der Waals surface area contributed by atoms with Gasteiger partial charge in [-0.25, -0.2) is 0 Å². The molecule has 0 aliphatic carbocycles. The predicted molar refractivity (Wildman–Crippen MR) is 81.2 cm³/mol. The normalized spacial score (nSPS) is 17.7. The van der Waals surface area contributed by atoms with Gasteiger partial charge in [0.25, 0.3) is 5.91 Å². The van der Waals surface area contributed by atoms with E-state index in [1.54, 1.807) is 0 Å². The molecule has 23 heavy (non-hydrogen) atoms. The second-order valence-corrected chi connectivity index (χ2v) is 4.83. The number of halogens is 2. The average Bonchev–Trinajstić information content (AvgIpc) is 2.82. The SMILES string of the molecule is CCCCN=C1NC(=O)/C(=C/c2ccc(OC(F)F)c(O)c2)N1. The van der Waals surface area contributed by atoms with Gasteiger partial charge in [0.2, 0.25) is 5.96 Å². The summed E-state index contributed by atoms with van der Waals surface area (Å²) in [4.78, 5) is 16.0. The van der Waals surface area contributed by atoms with Crippen molar-refractivity contribution in [1.29, 1.82) is 0 Å². The van der Waals surface area contributed by atoms with E-state index in [0.717, 1.165) is 12.8 Å². The van der Waals surface area contributed by atoms with E-state index in [9.17, 15) is 18.7 Å². The molecule has 0 aromatic heterocycles. The molecule has 1 aromatic carbocycles. The van der Waals surface area contributed by atoms with Crippen molar-refractivity contribution in [3.8, 4) is 11.5 Å². The smallest absolute Gasteiger partial charge is 0.387 e. The first-order chi connectivity index (χ1) is 11.0. The summed E-state index contributed by atoms with van der Waals surface area (Å²) in [6, 6.07) is 3.88. The number of amides is 1. The molecular formula is C15H17F2N3O3. The van der Waals surface area contributed by atoms with Crippen molar-refractivity contribution in [2.24, 2.45) is 4.99 Å². The van der Waals surface area contributed by atoms with Gasteiger partial charge < -0.3 is 15.2 Å². The summed E-state index contributed by atoms with van der Waals surface area (Å²) in [6.07, 6.45) is 3.39. The van der Waals surface area contributed by atoms with Gasteiger partial charge in [-0.05, 0) is 30.2 Å². The van der Waals surface area contributed by atoms with Crippen molar-refractivity contribution in [1.82, 2.24) is 10.6 Å². The average molecular weight is 325 g/mol. The highest BCUT2D eigenvalue weighted by atomic mass is 19.3. The number of hydrogen-bond donors (Lipinski definition) is 3. The lowest BCUT2D eigenvalue weighted by Gasteiger charge is -2.07. The van der Waals surface area contributed by atoms with Crippen molar-refractivity contribution in [3.05, 3.63) is 29.5 Å². The minimum atomic E-state index is -3.02. The quantitative estimate of drug-likeness (QED) is 0.553. The Balaban J connectivity index is 2.11. The van der Waals surface area contributed by atoms with Crippen LogP contribution in [0.25, 0.3) is 6.08 Å². The van der Waals surface area contributed by atoms with Crippen LogP contribution >= 0.6 is 0 Å². The van der Waals surface area contributed by atoms with Gasteiger partial charge in [-0.3, -0.25) is 15.1 Å². The standard InChI is InChI=1S/C15H17F2N3O3/c1-2-3-6-18-15-19-10(13(22)20-15)7-9-4-5-12(11(21)8-9)23-14(16)17/h4-5,7-8,14,21H,2-3,6H2,1H3,(H2,18,19,20,22)/b10-7-. The molecule has 0 atom stereocenters. The van der Waals surface area contributed by atoms with Gasteiger partial charge in [-0.15, -0.1) is 0 Å². The molecule has 1 aliphatic rings. The highest BCUT2D eigenvalue weighted by Gasteiger charge is 2.21. The number of phenols is 1. The summed E-state index contributed by atoms with van der Waals surface area (Å²) in [5, 5.41) is 15.1. The van der Waals surface area contributed by atoms with E-state index in [-0.39, 0.29) is 17.4 Å². The number of aromatic hydroxyl groups is 1. The Labute approximate surface area is 131 Å². The second kappa shape index (κ2) is 7.57. The van der Waals surface area contributed by atoms with Crippen LogP contribution in [0.1, 0.15) is 25.3 Å². The van der Waals surface area contributed by atoms with E-state index >= 15 is 0 Å². The number of rotatable bonds is 6. The molecule has 1 amide bonds. The molecular weight excluding hydrogens is 308 g/mol. The third kappa shape index (κ3) is 4.67. The van der Waals surface area contributed by atoms with Crippen LogP contribution in [-0.4, -0.2) is 30.1 Å². The van der Waals surface area contributed by atoms with Crippen LogP contribution in [0.2, 0.25) is 0 Å². The van der Waals surface area contributed by atoms with Crippen LogP contribution in [0.15, 0.2) is 28.9 Å². The van der Waals surface area contributed by atoms with E-state index in [1.807, 2.05) is 6.92 Å². The van der Waals surface area contributed by atoms with Gasteiger partial charge in [0, 0.05) is 6.54 Å². The number of carbonyl (C=O) groups is 1. The third-order valence-electron chi connectivity index (χ3n) is 3.02. The molecule has 0 bridgehead atoms. The van der Waals surface area contributed by atoms with Crippen LogP contribution in [-0.2, 0) is 4.79 Å². The zero-order chi connectivity index (χ0) is 16.8. The zero-order valence-corrected chi connectivity index (χ0v) is 12.5.